The Morgan fingerprint density at radius 1 is 0.957 bits per heavy atom. The molecule has 0 saturated carbocycles. The second kappa shape index (κ2) is 6.14. The van der Waals surface area contributed by atoms with E-state index in [1.54, 1.807) is 36.8 Å². The average molecular weight is 345 g/mol. The van der Waals surface area contributed by atoms with E-state index in [4.69, 9.17) is 4.74 Å². The minimum Gasteiger partial charge on any atom is -0.481 e. The molecule has 3 aromatic rings. The maximum absolute atomic E-state index is 11.6. The Bertz CT molecular complexity index is 911. The van der Waals surface area contributed by atoms with Crippen LogP contribution in [0.4, 0.5) is 0 Å². The molecule has 0 bridgehead atoms. The zero-order valence-electron chi connectivity index (χ0n) is 12.7. The normalized spacial score (nSPS) is 11.4. The van der Waals surface area contributed by atoms with E-state index in [2.05, 4.69) is 15.7 Å². The van der Waals surface area contributed by atoms with Gasteiger partial charge < -0.3 is 4.74 Å². The van der Waals surface area contributed by atoms with E-state index in [1.165, 1.54) is 6.26 Å². The molecule has 3 rings (SSSR count). The van der Waals surface area contributed by atoms with Crippen LogP contribution in [0.2, 0.25) is 0 Å². The molecule has 0 amide bonds. The van der Waals surface area contributed by atoms with E-state index in [-0.39, 0.29) is 0 Å². The first-order valence-electron chi connectivity index (χ1n) is 6.86. The zero-order chi connectivity index (χ0) is 16.4. The number of nitrogens with zero attached hydrogens (tertiary/aromatic N) is 1. The van der Waals surface area contributed by atoms with Crippen LogP contribution in [0.1, 0.15) is 0 Å². The van der Waals surface area contributed by atoms with Crippen molar-refractivity contribution in [2.24, 2.45) is 0 Å². The first kappa shape index (κ1) is 15.7. The summed E-state index contributed by atoms with van der Waals surface area (Å²) < 4.78 is 28.2. The van der Waals surface area contributed by atoms with Gasteiger partial charge in [-0.3, -0.25) is 0 Å². The number of rotatable bonds is 4. The number of methoxy groups -OCH3 is 1. The molecule has 0 N–H and O–H groups in total. The molecule has 4 nitrogen and oxygen atoms in total. The van der Waals surface area contributed by atoms with Crippen LogP contribution in [0.25, 0.3) is 22.3 Å². The molecule has 6 heteroatoms. The summed E-state index contributed by atoms with van der Waals surface area (Å²) >= 11 is 1.60. The lowest BCUT2D eigenvalue weighted by Gasteiger charge is -2.06. The van der Waals surface area contributed by atoms with Crippen LogP contribution in [0.15, 0.2) is 58.3 Å². The molecule has 0 fully saturated rings. The average Bonchev–Trinajstić information content (AvgIpc) is 3.04. The number of pyridine rings is 1. The summed E-state index contributed by atoms with van der Waals surface area (Å²) in [5, 5.41) is 4.11. The van der Waals surface area contributed by atoms with Crippen LogP contribution in [-0.4, -0.2) is 26.8 Å². The Morgan fingerprint density at radius 2 is 1.57 bits per heavy atom. The summed E-state index contributed by atoms with van der Waals surface area (Å²) in [6, 6.07) is 10.7. The van der Waals surface area contributed by atoms with E-state index in [0.717, 1.165) is 22.3 Å². The quantitative estimate of drug-likeness (QED) is 0.720. The molecule has 2 heterocycles. The molecule has 0 aliphatic heterocycles. The zero-order valence-corrected chi connectivity index (χ0v) is 14.3. The van der Waals surface area contributed by atoms with Gasteiger partial charge in [0, 0.05) is 35.2 Å². The van der Waals surface area contributed by atoms with Crippen LogP contribution in [-0.2, 0) is 9.84 Å². The van der Waals surface area contributed by atoms with Gasteiger partial charge in [0.25, 0.3) is 0 Å². The Labute approximate surface area is 139 Å². The molecule has 0 spiro atoms. The fourth-order valence-electron chi connectivity index (χ4n) is 2.29. The second-order valence-corrected chi connectivity index (χ2v) is 7.84. The molecule has 0 aliphatic rings. The SMILES string of the molecule is COc1ccc(-c2cscc2-c2ccc(S(C)(=O)=O)cc2)cn1. The standard InChI is InChI=1S/C17H15NO3S2/c1-21-17-8-5-13(9-18-17)16-11-22-10-15(16)12-3-6-14(7-4-12)23(2,19)20/h3-11H,1-2H3. The Balaban J connectivity index is 2.00. The van der Waals surface area contributed by atoms with Crippen molar-refractivity contribution in [3.05, 3.63) is 53.4 Å². The van der Waals surface area contributed by atoms with Gasteiger partial charge in [0.2, 0.25) is 5.88 Å². The maximum Gasteiger partial charge on any atom is 0.212 e. The predicted molar refractivity (Wildman–Crippen MR) is 92.6 cm³/mol. The highest BCUT2D eigenvalue weighted by Gasteiger charge is 2.11. The van der Waals surface area contributed by atoms with Crippen LogP contribution < -0.4 is 4.74 Å². The molecule has 0 atom stereocenters. The van der Waals surface area contributed by atoms with Gasteiger partial charge in [0.15, 0.2) is 9.84 Å². The first-order valence-corrected chi connectivity index (χ1v) is 9.69. The lowest BCUT2D eigenvalue weighted by atomic mass is 10.0. The third kappa shape index (κ3) is 3.28. The van der Waals surface area contributed by atoms with Crippen molar-refractivity contribution in [3.63, 3.8) is 0 Å². The van der Waals surface area contributed by atoms with Gasteiger partial charge in [-0.15, -0.1) is 0 Å². The molecular formula is C17H15NO3S2. The Morgan fingerprint density at radius 3 is 2.09 bits per heavy atom. The molecule has 0 radical (unpaired) electrons. The smallest absolute Gasteiger partial charge is 0.212 e. The topological polar surface area (TPSA) is 56.3 Å². The third-order valence-electron chi connectivity index (χ3n) is 3.51. The lowest BCUT2D eigenvalue weighted by molar-refractivity contribution is 0.398. The van der Waals surface area contributed by atoms with E-state index in [0.29, 0.717) is 10.8 Å². The predicted octanol–water partition coefficient (Wildman–Crippen LogP) is 3.89. The maximum atomic E-state index is 11.6. The van der Waals surface area contributed by atoms with Crippen LogP contribution in [0.3, 0.4) is 0 Å². The van der Waals surface area contributed by atoms with Crippen molar-refractivity contribution in [2.75, 3.05) is 13.4 Å². The minimum atomic E-state index is -3.18. The number of hydrogen-bond donors (Lipinski definition) is 0. The summed E-state index contributed by atoms with van der Waals surface area (Å²) in [7, 11) is -1.59. The summed E-state index contributed by atoms with van der Waals surface area (Å²) in [4.78, 5) is 4.56. The van der Waals surface area contributed by atoms with Crippen molar-refractivity contribution < 1.29 is 13.2 Å². The van der Waals surface area contributed by atoms with Crippen molar-refractivity contribution in [1.82, 2.24) is 4.98 Å². The molecule has 118 valence electrons. The van der Waals surface area contributed by atoms with Gasteiger partial charge in [-0.05, 0) is 34.5 Å². The Hall–Kier alpha value is -2.18. The molecule has 23 heavy (non-hydrogen) atoms. The second-order valence-electron chi connectivity index (χ2n) is 5.08. The molecule has 2 aromatic heterocycles. The van der Waals surface area contributed by atoms with Crippen molar-refractivity contribution >= 4 is 21.2 Å². The van der Waals surface area contributed by atoms with Gasteiger partial charge in [-0.2, -0.15) is 11.3 Å². The highest BCUT2D eigenvalue weighted by Crippen LogP contribution is 2.35. The Kier molecular flexibility index (Phi) is 4.19. The highest BCUT2D eigenvalue weighted by molar-refractivity contribution is 7.90. The molecule has 0 saturated heterocycles. The van der Waals surface area contributed by atoms with Gasteiger partial charge in [-0.25, -0.2) is 13.4 Å². The fourth-order valence-corrected chi connectivity index (χ4v) is 3.78. The largest absolute Gasteiger partial charge is 0.481 e. The molecular weight excluding hydrogens is 330 g/mol. The number of ether oxygens (including phenoxy) is 1. The van der Waals surface area contributed by atoms with Gasteiger partial charge in [0.1, 0.15) is 0 Å². The summed E-state index contributed by atoms with van der Waals surface area (Å²) in [5.41, 5.74) is 4.10. The number of sulfone groups is 1. The lowest BCUT2D eigenvalue weighted by Crippen LogP contribution is -1.96. The monoisotopic (exact) mass is 345 g/mol. The number of benzene rings is 1. The molecule has 0 aliphatic carbocycles. The van der Waals surface area contributed by atoms with Gasteiger partial charge in [0.05, 0.1) is 12.0 Å². The van der Waals surface area contributed by atoms with Gasteiger partial charge in [-0.1, -0.05) is 12.1 Å². The summed E-state index contributed by atoms with van der Waals surface area (Å²) in [6.45, 7) is 0. The minimum absolute atomic E-state index is 0.323. The van der Waals surface area contributed by atoms with E-state index >= 15 is 0 Å². The van der Waals surface area contributed by atoms with Crippen molar-refractivity contribution in [2.45, 2.75) is 4.90 Å². The number of aromatic nitrogens is 1. The summed E-state index contributed by atoms with van der Waals surface area (Å²) in [6.07, 6.45) is 2.98. The summed E-state index contributed by atoms with van der Waals surface area (Å²) in [5.74, 6) is 0.572. The third-order valence-corrected chi connectivity index (χ3v) is 5.38. The van der Waals surface area contributed by atoms with Crippen LogP contribution in [0, 0.1) is 0 Å². The van der Waals surface area contributed by atoms with Gasteiger partial charge >= 0.3 is 0 Å². The van der Waals surface area contributed by atoms with Crippen molar-refractivity contribution in [1.29, 1.82) is 0 Å². The van der Waals surface area contributed by atoms with E-state index in [1.807, 2.05) is 24.3 Å². The van der Waals surface area contributed by atoms with Crippen LogP contribution in [0.5, 0.6) is 5.88 Å². The number of hydrogen-bond acceptors (Lipinski definition) is 5. The van der Waals surface area contributed by atoms with E-state index < -0.39 is 9.84 Å². The van der Waals surface area contributed by atoms with Crippen molar-refractivity contribution in [3.8, 4) is 28.1 Å². The fraction of sp³-hybridized carbons (Fsp3) is 0.118. The van der Waals surface area contributed by atoms with Crippen LogP contribution >= 0.6 is 11.3 Å². The highest BCUT2D eigenvalue weighted by atomic mass is 32.2. The molecule has 0 unspecified atom stereocenters. The van der Waals surface area contributed by atoms with E-state index in [9.17, 15) is 8.42 Å². The number of thiophene rings is 1. The first-order chi connectivity index (χ1) is 11.0. The molecule has 1 aromatic carbocycles.